The van der Waals surface area contributed by atoms with E-state index in [9.17, 15) is 4.79 Å². The zero-order chi connectivity index (χ0) is 16.9. The van der Waals surface area contributed by atoms with Gasteiger partial charge in [-0.25, -0.2) is 4.79 Å². The average Bonchev–Trinajstić information content (AvgIpc) is 2.98. The molecule has 0 fully saturated rings. The summed E-state index contributed by atoms with van der Waals surface area (Å²) in [6.07, 6.45) is 8.10. The molecule has 2 heterocycles. The Morgan fingerprint density at radius 3 is 2.83 bits per heavy atom. The minimum absolute atomic E-state index is 0.0133. The number of ether oxygens (including phenoxy) is 1. The van der Waals surface area contributed by atoms with Gasteiger partial charge in [0.05, 0.1) is 12.6 Å². The first-order valence-corrected chi connectivity index (χ1v) is 7.99. The van der Waals surface area contributed by atoms with E-state index in [2.05, 4.69) is 28.1 Å². The first-order valence-electron chi connectivity index (χ1n) is 7.99. The van der Waals surface area contributed by atoms with Crippen LogP contribution in [0.3, 0.4) is 0 Å². The quantitative estimate of drug-likeness (QED) is 0.827. The number of anilines is 1. The number of carbonyl (C=O) groups is 1. The molecule has 0 aliphatic carbocycles. The molecule has 1 aromatic heterocycles. The molecule has 5 heteroatoms. The highest BCUT2D eigenvalue weighted by Crippen LogP contribution is 2.29. The number of carbonyl (C=O) groups excluding carboxylic acids is 1. The molecule has 2 aromatic rings. The smallest absolute Gasteiger partial charge is 0.341 e. The number of nitrogens with one attached hydrogen (secondary N) is 1. The Hall–Kier alpha value is -2.95. The first kappa shape index (κ1) is 15.9. The van der Waals surface area contributed by atoms with Crippen molar-refractivity contribution in [2.45, 2.75) is 19.5 Å². The van der Waals surface area contributed by atoms with Gasteiger partial charge in [-0.15, -0.1) is 0 Å². The number of rotatable bonds is 5. The number of benzene rings is 1. The molecular formula is C19H21N3O2. The van der Waals surface area contributed by atoms with E-state index in [-0.39, 0.29) is 6.04 Å². The number of aromatic amines is 1. The molecule has 1 atom stereocenters. The van der Waals surface area contributed by atoms with E-state index < -0.39 is 5.97 Å². The van der Waals surface area contributed by atoms with E-state index in [1.807, 2.05) is 36.6 Å². The van der Waals surface area contributed by atoms with Gasteiger partial charge in [0.1, 0.15) is 11.4 Å². The highest BCUT2D eigenvalue weighted by Gasteiger charge is 2.22. The van der Waals surface area contributed by atoms with Crippen LogP contribution in [0, 0.1) is 0 Å². The molecule has 24 heavy (non-hydrogen) atoms. The number of aromatic nitrogens is 1. The highest BCUT2D eigenvalue weighted by atomic mass is 16.5. The molecule has 0 amide bonds. The van der Waals surface area contributed by atoms with Crippen LogP contribution in [0.1, 0.15) is 34.6 Å². The Morgan fingerprint density at radius 2 is 2.08 bits per heavy atom. The van der Waals surface area contributed by atoms with Crippen molar-refractivity contribution < 1.29 is 9.53 Å². The lowest BCUT2D eigenvalue weighted by Gasteiger charge is -2.30. The van der Waals surface area contributed by atoms with Gasteiger partial charge in [0.25, 0.3) is 0 Å². The summed E-state index contributed by atoms with van der Waals surface area (Å²) >= 11 is 0. The summed E-state index contributed by atoms with van der Waals surface area (Å²) in [5.41, 5.74) is 8.43. The van der Waals surface area contributed by atoms with Crippen molar-refractivity contribution in [1.82, 2.24) is 9.88 Å². The van der Waals surface area contributed by atoms with Gasteiger partial charge in [0.15, 0.2) is 0 Å². The number of nitrogens with zero attached hydrogens (tertiary/aromatic N) is 1. The van der Waals surface area contributed by atoms with E-state index in [1.165, 1.54) is 5.56 Å². The van der Waals surface area contributed by atoms with Crippen molar-refractivity contribution in [2.75, 3.05) is 12.3 Å². The van der Waals surface area contributed by atoms with Gasteiger partial charge in [-0.3, -0.25) is 0 Å². The summed E-state index contributed by atoms with van der Waals surface area (Å²) in [6.45, 7) is 2.86. The van der Waals surface area contributed by atoms with E-state index >= 15 is 0 Å². The van der Waals surface area contributed by atoms with Crippen molar-refractivity contribution in [2.24, 2.45) is 0 Å². The third-order valence-electron chi connectivity index (χ3n) is 3.93. The Kier molecular flexibility index (Phi) is 4.70. The van der Waals surface area contributed by atoms with E-state index in [4.69, 9.17) is 10.5 Å². The van der Waals surface area contributed by atoms with Gasteiger partial charge in [-0.05, 0) is 24.6 Å². The number of nitrogen functional groups attached to an aromatic ring is 1. The molecule has 1 unspecified atom stereocenters. The SMILES string of the molecule is CCOC(=O)c1cc(C2C=CC=CN2Cc2ccccc2)[nH]c1N. The topological polar surface area (TPSA) is 71.3 Å². The fourth-order valence-electron chi connectivity index (χ4n) is 2.79. The van der Waals surface area contributed by atoms with Crippen molar-refractivity contribution in [3.63, 3.8) is 0 Å². The Labute approximate surface area is 141 Å². The summed E-state index contributed by atoms with van der Waals surface area (Å²) in [4.78, 5) is 17.3. The van der Waals surface area contributed by atoms with Gasteiger partial charge in [-0.1, -0.05) is 42.5 Å². The van der Waals surface area contributed by atoms with Crippen LogP contribution in [0.4, 0.5) is 5.82 Å². The summed E-state index contributed by atoms with van der Waals surface area (Å²) in [5, 5.41) is 0. The highest BCUT2D eigenvalue weighted by molar-refractivity contribution is 5.94. The second-order valence-electron chi connectivity index (χ2n) is 5.60. The molecule has 3 N–H and O–H groups in total. The van der Waals surface area contributed by atoms with Crippen molar-refractivity contribution in [3.8, 4) is 0 Å². The zero-order valence-corrected chi connectivity index (χ0v) is 13.6. The summed E-state index contributed by atoms with van der Waals surface area (Å²) in [7, 11) is 0. The van der Waals surface area contributed by atoms with Gasteiger partial charge < -0.3 is 20.4 Å². The molecule has 0 saturated heterocycles. The molecule has 0 spiro atoms. The van der Waals surface area contributed by atoms with Gasteiger partial charge >= 0.3 is 5.97 Å². The molecule has 5 nitrogen and oxygen atoms in total. The maximum Gasteiger partial charge on any atom is 0.341 e. The maximum absolute atomic E-state index is 12.0. The minimum atomic E-state index is -0.401. The van der Waals surface area contributed by atoms with E-state index in [1.54, 1.807) is 13.0 Å². The number of nitrogens with two attached hydrogens (primary N) is 1. The first-order chi connectivity index (χ1) is 11.7. The monoisotopic (exact) mass is 323 g/mol. The minimum Gasteiger partial charge on any atom is -0.462 e. The molecule has 3 rings (SSSR count). The molecule has 0 bridgehead atoms. The number of hydrogen-bond donors (Lipinski definition) is 2. The number of H-pyrrole nitrogens is 1. The third-order valence-corrected chi connectivity index (χ3v) is 3.93. The fourth-order valence-corrected chi connectivity index (χ4v) is 2.79. The van der Waals surface area contributed by atoms with Crippen LogP contribution < -0.4 is 5.73 Å². The number of esters is 1. The van der Waals surface area contributed by atoms with Crippen molar-refractivity contribution in [3.05, 3.63) is 77.6 Å². The van der Waals surface area contributed by atoms with E-state index in [0.717, 1.165) is 12.2 Å². The zero-order valence-electron chi connectivity index (χ0n) is 13.6. The number of hydrogen-bond acceptors (Lipinski definition) is 4. The van der Waals surface area contributed by atoms with Crippen LogP contribution in [0.2, 0.25) is 0 Å². The van der Waals surface area contributed by atoms with E-state index in [0.29, 0.717) is 18.0 Å². The Bertz CT molecular complexity index is 762. The van der Waals surface area contributed by atoms with Gasteiger partial charge in [-0.2, -0.15) is 0 Å². The second kappa shape index (κ2) is 7.08. The van der Waals surface area contributed by atoms with Crippen LogP contribution >= 0.6 is 0 Å². The Balaban J connectivity index is 1.84. The predicted molar refractivity (Wildman–Crippen MR) is 94.2 cm³/mol. The summed E-state index contributed by atoms with van der Waals surface area (Å²) in [6, 6.07) is 12.0. The Morgan fingerprint density at radius 1 is 1.29 bits per heavy atom. The molecule has 0 radical (unpaired) electrons. The van der Waals surface area contributed by atoms with Crippen molar-refractivity contribution >= 4 is 11.8 Å². The predicted octanol–water partition coefficient (Wildman–Crippen LogP) is 3.40. The maximum atomic E-state index is 12.0. The molecule has 1 aromatic carbocycles. The largest absolute Gasteiger partial charge is 0.462 e. The molecule has 124 valence electrons. The van der Waals surface area contributed by atoms with Crippen molar-refractivity contribution in [1.29, 1.82) is 0 Å². The van der Waals surface area contributed by atoms with Crippen LogP contribution in [0.15, 0.2) is 60.8 Å². The van der Waals surface area contributed by atoms with Gasteiger partial charge in [0, 0.05) is 18.4 Å². The molecule has 1 aliphatic heterocycles. The van der Waals surface area contributed by atoms with Crippen LogP contribution in [0.5, 0.6) is 0 Å². The molecule has 1 aliphatic rings. The van der Waals surface area contributed by atoms with Crippen LogP contribution in [0.25, 0.3) is 0 Å². The fraction of sp³-hybridized carbons (Fsp3) is 0.211. The van der Waals surface area contributed by atoms with Crippen LogP contribution in [-0.4, -0.2) is 22.5 Å². The lowest BCUT2D eigenvalue weighted by molar-refractivity contribution is 0.0528. The number of allylic oxidation sites excluding steroid dienone is 2. The summed E-state index contributed by atoms with van der Waals surface area (Å²) in [5.74, 6) is -0.0616. The van der Waals surface area contributed by atoms with Crippen LogP contribution in [-0.2, 0) is 11.3 Å². The second-order valence-corrected chi connectivity index (χ2v) is 5.60. The van der Waals surface area contributed by atoms with Gasteiger partial charge in [0.2, 0.25) is 0 Å². The summed E-state index contributed by atoms with van der Waals surface area (Å²) < 4.78 is 5.05. The standard InChI is InChI=1S/C19H21N3O2/c1-2-24-19(23)15-12-16(21-18(15)20)17-10-6-7-11-22(17)13-14-8-4-3-5-9-14/h3-12,17,21H,2,13,20H2,1H3. The lowest BCUT2D eigenvalue weighted by atomic mass is 10.1. The third kappa shape index (κ3) is 3.35. The lowest BCUT2D eigenvalue weighted by Crippen LogP contribution is -2.23. The average molecular weight is 323 g/mol. The molecule has 0 saturated carbocycles. The molecular weight excluding hydrogens is 302 g/mol. The normalized spacial score (nSPS) is 16.4.